The minimum Gasteiger partial charge on any atom is -0.483 e. The summed E-state index contributed by atoms with van der Waals surface area (Å²) < 4.78 is 5.88. The van der Waals surface area contributed by atoms with Gasteiger partial charge in [0.05, 0.1) is 0 Å². The number of thioether (sulfide) groups is 1. The van der Waals surface area contributed by atoms with Gasteiger partial charge in [0.1, 0.15) is 6.10 Å². The van der Waals surface area contributed by atoms with E-state index < -0.39 is 0 Å². The molecule has 0 spiro atoms. The topological polar surface area (TPSA) is 26.3 Å². The number of benzene rings is 1. The fourth-order valence-electron chi connectivity index (χ4n) is 2.63. The molecular weight excluding hydrogens is 256 g/mol. The lowest BCUT2D eigenvalue weighted by atomic mass is 9.97. The van der Waals surface area contributed by atoms with Crippen molar-refractivity contribution < 1.29 is 9.53 Å². The van der Waals surface area contributed by atoms with Gasteiger partial charge in [-0.2, -0.15) is 0 Å². The molecule has 0 bridgehead atoms. The van der Waals surface area contributed by atoms with E-state index in [1.807, 2.05) is 31.2 Å². The molecule has 3 rings (SSSR count). The highest BCUT2D eigenvalue weighted by Gasteiger charge is 2.35. The van der Waals surface area contributed by atoms with Gasteiger partial charge in [-0.3, -0.25) is 4.79 Å². The van der Waals surface area contributed by atoms with E-state index in [1.165, 1.54) is 24.8 Å². The van der Waals surface area contributed by atoms with Crippen LogP contribution in [0.1, 0.15) is 41.6 Å². The van der Waals surface area contributed by atoms with Crippen molar-refractivity contribution in [3.63, 3.8) is 0 Å². The standard InChI is InChI=1S/C16H18O2S/c1-11-6-8-12(9-7-11)13(17)10-16-18-14-4-2-3-5-15(14)19-16/h6-10,14-15H,2-5H2,1H3/b16-10-. The Morgan fingerprint density at radius 3 is 2.74 bits per heavy atom. The molecule has 19 heavy (non-hydrogen) atoms. The molecule has 100 valence electrons. The van der Waals surface area contributed by atoms with E-state index >= 15 is 0 Å². The number of fused-ring (bicyclic) bond motifs is 1. The van der Waals surface area contributed by atoms with E-state index in [1.54, 1.807) is 17.8 Å². The zero-order chi connectivity index (χ0) is 13.2. The highest BCUT2D eigenvalue weighted by molar-refractivity contribution is 8.03. The van der Waals surface area contributed by atoms with Gasteiger partial charge in [-0.1, -0.05) is 48.0 Å². The Kier molecular flexibility index (Phi) is 3.65. The lowest BCUT2D eigenvalue weighted by molar-refractivity contribution is 0.102. The first-order valence-corrected chi connectivity index (χ1v) is 7.76. The van der Waals surface area contributed by atoms with Crippen molar-refractivity contribution in [1.82, 2.24) is 0 Å². The molecular formula is C16H18O2S. The van der Waals surface area contributed by atoms with Crippen molar-refractivity contribution in [2.24, 2.45) is 0 Å². The van der Waals surface area contributed by atoms with E-state index in [0.29, 0.717) is 11.4 Å². The summed E-state index contributed by atoms with van der Waals surface area (Å²) in [5.41, 5.74) is 1.90. The second-order valence-corrected chi connectivity index (χ2v) is 6.53. The molecule has 1 saturated carbocycles. The third-order valence-corrected chi connectivity index (χ3v) is 5.05. The fraction of sp³-hybridized carbons (Fsp3) is 0.438. The van der Waals surface area contributed by atoms with Crippen LogP contribution in [0, 0.1) is 6.92 Å². The van der Waals surface area contributed by atoms with Gasteiger partial charge in [0.25, 0.3) is 0 Å². The predicted molar refractivity (Wildman–Crippen MR) is 78.3 cm³/mol. The Labute approximate surface area is 118 Å². The van der Waals surface area contributed by atoms with Crippen LogP contribution in [0.3, 0.4) is 0 Å². The molecule has 2 nitrogen and oxygen atoms in total. The van der Waals surface area contributed by atoms with E-state index in [9.17, 15) is 4.79 Å². The van der Waals surface area contributed by atoms with Crippen LogP contribution in [0.4, 0.5) is 0 Å². The normalized spacial score (nSPS) is 27.9. The summed E-state index contributed by atoms with van der Waals surface area (Å²) in [6, 6.07) is 7.69. The van der Waals surface area contributed by atoms with Crippen LogP contribution < -0.4 is 0 Å². The number of ketones is 1. The maximum absolute atomic E-state index is 12.1. The molecule has 0 aromatic heterocycles. The zero-order valence-corrected chi connectivity index (χ0v) is 11.9. The van der Waals surface area contributed by atoms with E-state index in [4.69, 9.17) is 4.74 Å². The maximum Gasteiger partial charge on any atom is 0.190 e. The molecule has 1 heterocycles. The molecule has 0 amide bonds. The van der Waals surface area contributed by atoms with Crippen LogP contribution in [-0.2, 0) is 4.74 Å². The monoisotopic (exact) mass is 274 g/mol. The second kappa shape index (κ2) is 5.41. The van der Waals surface area contributed by atoms with E-state index in [2.05, 4.69) is 0 Å². The highest BCUT2D eigenvalue weighted by atomic mass is 32.2. The van der Waals surface area contributed by atoms with Gasteiger partial charge in [0.15, 0.2) is 10.9 Å². The largest absolute Gasteiger partial charge is 0.483 e. The fourth-order valence-corrected chi connectivity index (χ4v) is 3.92. The van der Waals surface area contributed by atoms with E-state index in [0.717, 1.165) is 17.1 Å². The van der Waals surface area contributed by atoms with Crippen molar-refractivity contribution in [2.75, 3.05) is 0 Å². The van der Waals surface area contributed by atoms with Gasteiger partial charge in [0.2, 0.25) is 0 Å². The zero-order valence-electron chi connectivity index (χ0n) is 11.1. The third-order valence-electron chi connectivity index (χ3n) is 3.76. The number of hydrogen-bond donors (Lipinski definition) is 0. The van der Waals surface area contributed by atoms with Crippen LogP contribution in [-0.4, -0.2) is 17.1 Å². The average Bonchev–Trinajstić information content (AvgIpc) is 2.81. The van der Waals surface area contributed by atoms with Crippen molar-refractivity contribution in [2.45, 2.75) is 44.0 Å². The van der Waals surface area contributed by atoms with Crippen LogP contribution >= 0.6 is 11.8 Å². The third kappa shape index (κ3) is 2.86. The van der Waals surface area contributed by atoms with Crippen LogP contribution in [0.25, 0.3) is 0 Å². The first-order chi connectivity index (χ1) is 9.22. The van der Waals surface area contributed by atoms with Crippen LogP contribution in [0.5, 0.6) is 0 Å². The molecule has 1 saturated heterocycles. The summed E-state index contributed by atoms with van der Waals surface area (Å²) in [5, 5.41) is 1.37. The molecule has 1 aromatic carbocycles. The minimum atomic E-state index is 0.0427. The van der Waals surface area contributed by atoms with Gasteiger partial charge >= 0.3 is 0 Å². The summed E-state index contributed by atoms with van der Waals surface area (Å²) in [7, 11) is 0. The van der Waals surface area contributed by atoms with Crippen molar-refractivity contribution in [3.05, 3.63) is 46.6 Å². The highest BCUT2D eigenvalue weighted by Crippen LogP contribution is 2.43. The molecule has 0 N–H and O–H groups in total. The Morgan fingerprint density at radius 1 is 1.26 bits per heavy atom. The number of ether oxygens (including phenoxy) is 1. The molecule has 2 atom stereocenters. The summed E-state index contributed by atoms with van der Waals surface area (Å²) >= 11 is 1.74. The molecule has 2 fully saturated rings. The minimum absolute atomic E-state index is 0.0427. The molecule has 1 aliphatic heterocycles. The van der Waals surface area contributed by atoms with Gasteiger partial charge in [-0.25, -0.2) is 0 Å². The number of aryl methyl sites for hydroxylation is 1. The number of carbonyl (C=O) groups is 1. The van der Waals surface area contributed by atoms with E-state index in [-0.39, 0.29) is 5.78 Å². The SMILES string of the molecule is Cc1ccc(C(=O)/C=C2/OC3CCCCC3S2)cc1. The lowest BCUT2D eigenvalue weighted by Gasteiger charge is -2.21. The summed E-state index contributed by atoms with van der Waals surface area (Å²) in [4.78, 5) is 12.1. The number of allylic oxidation sites excluding steroid dienone is 1. The maximum atomic E-state index is 12.1. The summed E-state index contributed by atoms with van der Waals surface area (Å²) in [6.07, 6.45) is 6.88. The Bertz CT molecular complexity index is 488. The number of hydrogen-bond acceptors (Lipinski definition) is 3. The molecule has 3 heteroatoms. The first kappa shape index (κ1) is 12.8. The second-order valence-electron chi connectivity index (χ2n) is 5.29. The predicted octanol–water partition coefficient (Wildman–Crippen LogP) is 4.09. The summed E-state index contributed by atoms with van der Waals surface area (Å²) in [5.74, 6) is 0.0427. The molecule has 2 unspecified atom stereocenters. The van der Waals surface area contributed by atoms with Crippen molar-refractivity contribution in [1.29, 1.82) is 0 Å². The number of rotatable bonds is 2. The lowest BCUT2D eigenvalue weighted by Crippen LogP contribution is -2.23. The Morgan fingerprint density at radius 2 is 2.00 bits per heavy atom. The Hall–Kier alpha value is -1.22. The molecule has 1 aliphatic carbocycles. The van der Waals surface area contributed by atoms with Crippen molar-refractivity contribution >= 4 is 17.5 Å². The van der Waals surface area contributed by atoms with Crippen LogP contribution in [0.2, 0.25) is 0 Å². The number of carbonyl (C=O) groups excluding carboxylic acids is 1. The molecule has 0 radical (unpaired) electrons. The Balaban J connectivity index is 1.72. The van der Waals surface area contributed by atoms with Gasteiger partial charge < -0.3 is 4.74 Å². The molecule has 1 aromatic rings. The van der Waals surface area contributed by atoms with Gasteiger partial charge in [-0.05, 0) is 26.2 Å². The van der Waals surface area contributed by atoms with Crippen molar-refractivity contribution in [3.8, 4) is 0 Å². The van der Waals surface area contributed by atoms with Gasteiger partial charge in [0, 0.05) is 16.9 Å². The smallest absolute Gasteiger partial charge is 0.190 e. The first-order valence-electron chi connectivity index (χ1n) is 6.88. The van der Waals surface area contributed by atoms with Crippen LogP contribution in [0.15, 0.2) is 35.4 Å². The van der Waals surface area contributed by atoms with Gasteiger partial charge in [-0.15, -0.1) is 0 Å². The summed E-state index contributed by atoms with van der Waals surface area (Å²) in [6.45, 7) is 2.02. The molecule has 2 aliphatic rings. The average molecular weight is 274 g/mol. The quantitative estimate of drug-likeness (QED) is 0.600.